The zero-order chi connectivity index (χ0) is 14.5. The maximum absolute atomic E-state index is 5.86. The SMILES string of the molecule is COCCCn1c(CC2CCCCO2)nc2cccnc21. The molecule has 0 N–H and O–H groups in total. The number of methoxy groups -OCH3 is 1. The zero-order valence-corrected chi connectivity index (χ0v) is 12.6. The molecule has 0 aromatic carbocycles. The van der Waals surface area contributed by atoms with Crippen LogP contribution in [-0.4, -0.2) is 41.0 Å². The van der Waals surface area contributed by atoms with Gasteiger partial charge in [0.1, 0.15) is 11.3 Å². The van der Waals surface area contributed by atoms with Crippen molar-refractivity contribution in [3.05, 3.63) is 24.2 Å². The average Bonchev–Trinajstić information content (AvgIpc) is 2.86. The van der Waals surface area contributed by atoms with Gasteiger partial charge in [-0.2, -0.15) is 0 Å². The maximum atomic E-state index is 5.86. The second-order valence-electron chi connectivity index (χ2n) is 5.56. The van der Waals surface area contributed by atoms with Crippen molar-refractivity contribution in [1.82, 2.24) is 14.5 Å². The molecule has 0 aliphatic carbocycles. The van der Waals surface area contributed by atoms with Crippen LogP contribution in [0.3, 0.4) is 0 Å². The quantitative estimate of drug-likeness (QED) is 0.767. The third kappa shape index (κ3) is 3.41. The van der Waals surface area contributed by atoms with Gasteiger partial charge < -0.3 is 14.0 Å². The molecule has 1 fully saturated rings. The predicted octanol–water partition coefficient (Wildman–Crippen LogP) is 2.58. The fourth-order valence-corrected chi connectivity index (χ4v) is 2.94. The van der Waals surface area contributed by atoms with E-state index in [0.717, 1.165) is 56.0 Å². The topological polar surface area (TPSA) is 49.2 Å². The largest absolute Gasteiger partial charge is 0.385 e. The Kier molecular flexibility index (Phi) is 4.83. The van der Waals surface area contributed by atoms with Gasteiger partial charge in [-0.05, 0) is 37.8 Å². The second kappa shape index (κ2) is 7.00. The molecule has 0 spiro atoms. The molecule has 2 aromatic heterocycles. The molecule has 21 heavy (non-hydrogen) atoms. The molecule has 1 aliphatic rings. The van der Waals surface area contributed by atoms with Gasteiger partial charge in [-0.15, -0.1) is 0 Å². The number of aromatic nitrogens is 3. The third-order valence-corrected chi connectivity index (χ3v) is 4.00. The van der Waals surface area contributed by atoms with Crippen molar-refractivity contribution in [3.63, 3.8) is 0 Å². The Morgan fingerprint density at radius 2 is 2.38 bits per heavy atom. The highest BCUT2D eigenvalue weighted by molar-refractivity contribution is 5.71. The van der Waals surface area contributed by atoms with Crippen LogP contribution in [0.25, 0.3) is 11.2 Å². The van der Waals surface area contributed by atoms with E-state index < -0.39 is 0 Å². The van der Waals surface area contributed by atoms with Crippen molar-refractivity contribution < 1.29 is 9.47 Å². The van der Waals surface area contributed by atoms with Crippen molar-refractivity contribution in [3.8, 4) is 0 Å². The Morgan fingerprint density at radius 3 is 3.19 bits per heavy atom. The number of hydrogen-bond acceptors (Lipinski definition) is 4. The summed E-state index contributed by atoms with van der Waals surface area (Å²) in [5.41, 5.74) is 1.94. The summed E-state index contributed by atoms with van der Waals surface area (Å²) < 4.78 is 13.3. The van der Waals surface area contributed by atoms with Crippen LogP contribution in [0.4, 0.5) is 0 Å². The van der Waals surface area contributed by atoms with E-state index in [-0.39, 0.29) is 0 Å². The van der Waals surface area contributed by atoms with Crippen LogP contribution < -0.4 is 0 Å². The number of ether oxygens (including phenoxy) is 2. The van der Waals surface area contributed by atoms with Crippen molar-refractivity contribution in [2.75, 3.05) is 20.3 Å². The number of pyridine rings is 1. The molecule has 0 bridgehead atoms. The van der Waals surface area contributed by atoms with Gasteiger partial charge in [0.2, 0.25) is 0 Å². The lowest BCUT2D eigenvalue weighted by Crippen LogP contribution is -2.23. The summed E-state index contributed by atoms with van der Waals surface area (Å²) in [4.78, 5) is 9.26. The van der Waals surface area contributed by atoms with Crippen LogP contribution in [0.1, 0.15) is 31.5 Å². The average molecular weight is 289 g/mol. The molecule has 3 rings (SSSR count). The molecule has 0 amide bonds. The molecular weight excluding hydrogens is 266 g/mol. The van der Waals surface area contributed by atoms with Crippen molar-refractivity contribution in [1.29, 1.82) is 0 Å². The first-order valence-electron chi connectivity index (χ1n) is 7.79. The van der Waals surface area contributed by atoms with E-state index in [9.17, 15) is 0 Å². The lowest BCUT2D eigenvalue weighted by Gasteiger charge is -2.22. The molecule has 0 saturated carbocycles. The normalized spacial score (nSPS) is 19.2. The number of nitrogens with zero attached hydrogens (tertiary/aromatic N) is 3. The van der Waals surface area contributed by atoms with E-state index in [1.165, 1.54) is 12.8 Å². The van der Waals surface area contributed by atoms with Crippen LogP contribution in [-0.2, 0) is 22.4 Å². The molecule has 1 atom stereocenters. The van der Waals surface area contributed by atoms with Gasteiger partial charge in [0, 0.05) is 39.5 Å². The standard InChI is InChI=1S/C16H23N3O2/c1-20-10-5-9-19-15(12-13-6-2-3-11-21-13)18-14-7-4-8-17-16(14)19/h4,7-8,13H,2-3,5-6,9-12H2,1H3. The summed E-state index contributed by atoms with van der Waals surface area (Å²) in [6, 6.07) is 3.97. The first-order chi connectivity index (χ1) is 10.4. The van der Waals surface area contributed by atoms with E-state index in [4.69, 9.17) is 14.5 Å². The molecule has 5 heteroatoms. The van der Waals surface area contributed by atoms with E-state index in [1.54, 1.807) is 7.11 Å². The highest BCUT2D eigenvalue weighted by Crippen LogP contribution is 2.20. The van der Waals surface area contributed by atoms with E-state index in [2.05, 4.69) is 9.55 Å². The summed E-state index contributed by atoms with van der Waals surface area (Å²) >= 11 is 0. The summed E-state index contributed by atoms with van der Waals surface area (Å²) in [5, 5.41) is 0. The smallest absolute Gasteiger partial charge is 0.159 e. The highest BCUT2D eigenvalue weighted by Gasteiger charge is 2.19. The summed E-state index contributed by atoms with van der Waals surface area (Å²) in [6.45, 7) is 2.53. The van der Waals surface area contributed by atoms with Gasteiger partial charge in [0.05, 0.1) is 6.10 Å². The fraction of sp³-hybridized carbons (Fsp3) is 0.625. The molecule has 1 unspecified atom stereocenters. The highest BCUT2D eigenvalue weighted by atomic mass is 16.5. The Morgan fingerprint density at radius 1 is 1.43 bits per heavy atom. The van der Waals surface area contributed by atoms with Gasteiger partial charge in [-0.1, -0.05) is 0 Å². The zero-order valence-electron chi connectivity index (χ0n) is 12.6. The van der Waals surface area contributed by atoms with Crippen LogP contribution in [0.2, 0.25) is 0 Å². The van der Waals surface area contributed by atoms with Crippen LogP contribution >= 0.6 is 0 Å². The van der Waals surface area contributed by atoms with Crippen molar-refractivity contribution >= 4 is 11.2 Å². The van der Waals surface area contributed by atoms with Crippen molar-refractivity contribution in [2.45, 2.75) is 44.8 Å². The first kappa shape index (κ1) is 14.5. The predicted molar refractivity (Wildman–Crippen MR) is 81.3 cm³/mol. The minimum absolute atomic E-state index is 0.303. The van der Waals surface area contributed by atoms with E-state index in [0.29, 0.717) is 6.10 Å². The lowest BCUT2D eigenvalue weighted by atomic mass is 10.1. The van der Waals surface area contributed by atoms with Gasteiger partial charge >= 0.3 is 0 Å². The number of hydrogen-bond donors (Lipinski definition) is 0. The Balaban J connectivity index is 1.82. The molecular formula is C16H23N3O2. The van der Waals surface area contributed by atoms with E-state index in [1.807, 2.05) is 18.3 Å². The summed E-state index contributed by atoms with van der Waals surface area (Å²) in [6.07, 6.45) is 7.55. The Hall–Kier alpha value is -1.46. The second-order valence-corrected chi connectivity index (χ2v) is 5.56. The molecule has 2 aromatic rings. The number of fused-ring (bicyclic) bond motifs is 1. The lowest BCUT2D eigenvalue weighted by molar-refractivity contribution is 0.0152. The van der Waals surface area contributed by atoms with E-state index >= 15 is 0 Å². The van der Waals surface area contributed by atoms with Crippen molar-refractivity contribution in [2.24, 2.45) is 0 Å². The molecule has 114 valence electrons. The monoisotopic (exact) mass is 289 g/mol. The summed E-state index contributed by atoms with van der Waals surface area (Å²) in [7, 11) is 1.74. The first-order valence-corrected chi connectivity index (χ1v) is 7.79. The van der Waals surface area contributed by atoms with Crippen LogP contribution in [0, 0.1) is 0 Å². The van der Waals surface area contributed by atoms with Crippen LogP contribution in [0.15, 0.2) is 18.3 Å². The molecule has 1 aliphatic heterocycles. The number of imidazole rings is 1. The Bertz CT molecular complexity index is 576. The molecule has 5 nitrogen and oxygen atoms in total. The van der Waals surface area contributed by atoms with Gasteiger partial charge in [0.15, 0.2) is 5.65 Å². The van der Waals surface area contributed by atoms with Gasteiger partial charge in [0.25, 0.3) is 0 Å². The fourth-order valence-electron chi connectivity index (χ4n) is 2.94. The third-order valence-electron chi connectivity index (χ3n) is 4.00. The minimum atomic E-state index is 0.303. The molecule has 0 radical (unpaired) electrons. The summed E-state index contributed by atoms with van der Waals surface area (Å²) in [5.74, 6) is 1.09. The molecule has 3 heterocycles. The van der Waals surface area contributed by atoms with Crippen LogP contribution in [0.5, 0.6) is 0 Å². The van der Waals surface area contributed by atoms with Gasteiger partial charge in [-0.25, -0.2) is 9.97 Å². The van der Waals surface area contributed by atoms with Gasteiger partial charge in [-0.3, -0.25) is 0 Å². The number of rotatable bonds is 6. The number of aryl methyl sites for hydroxylation is 1. The molecule has 1 saturated heterocycles. The maximum Gasteiger partial charge on any atom is 0.159 e. The Labute approximate surface area is 125 Å². The minimum Gasteiger partial charge on any atom is -0.385 e.